The third kappa shape index (κ3) is 2.24. The first-order valence-corrected chi connectivity index (χ1v) is 3.88. The van der Waals surface area contributed by atoms with E-state index < -0.39 is 12.2 Å². The maximum absolute atomic E-state index is 12.1. The van der Waals surface area contributed by atoms with Gasteiger partial charge in [0.05, 0.1) is 0 Å². The zero-order valence-electron chi connectivity index (χ0n) is 7.04. The van der Waals surface area contributed by atoms with Gasteiger partial charge >= 0.3 is 6.18 Å². The van der Waals surface area contributed by atoms with E-state index in [1.165, 1.54) is 6.08 Å². The third-order valence-corrected chi connectivity index (χ3v) is 1.82. The summed E-state index contributed by atoms with van der Waals surface area (Å²) in [6.45, 7) is 1.80. The normalized spacial score (nSPS) is 23.3. The lowest BCUT2D eigenvalue weighted by atomic mass is 10.1. The predicted octanol–water partition coefficient (Wildman–Crippen LogP) is 2.47. The van der Waals surface area contributed by atoms with Crippen molar-refractivity contribution in [2.45, 2.75) is 25.6 Å². The molecule has 0 aliphatic carbocycles. The van der Waals surface area contributed by atoms with Crippen molar-refractivity contribution in [2.75, 3.05) is 0 Å². The Morgan fingerprint density at radius 2 is 2.15 bits per heavy atom. The van der Waals surface area contributed by atoms with Crippen molar-refractivity contribution in [1.29, 1.82) is 0 Å². The van der Waals surface area contributed by atoms with Gasteiger partial charge in [0.25, 0.3) is 0 Å². The van der Waals surface area contributed by atoms with Crippen LogP contribution >= 0.6 is 0 Å². The first kappa shape index (κ1) is 10.1. The molecule has 0 radical (unpaired) electrons. The number of halogens is 3. The Hall–Kier alpha value is -0.970. The minimum absolute atomic E-state index is 0.193. The monoisotopic (exact) mass is 193 g/mol. The molecule has 0 spiro atoms. The van der Waals surface area contributed by atoms with Crippen LogP contribution in [-0.2, 0) is 0 Å². The van der Waals surface area contributed by atoms with Crippen LogP contribution in [0.15, 0.2) is 23.9 Å². The summed E-state index contributed by atoms with van der Waals surface area (Å²) in [6.07, 6.45) is -0.416. The van der Waals surface area contributed by atoms with E-state index in [9.17, 15) is 13.2 Å². The summed E-state index contributed by atoms with van der Waals surface area (Å²) < 4.78 is 36.4. The number of hydrogen-bond acceptors (Lipinski definition) is 2. The fourth-order valence-corrected chi connectivity index (χ4v) is 1.06. The molecule has 0 aromatic carbocycles. The first-order valence-electron chi connectivity index (χ1n) is 3.88. The molecule has 13 heavy (non-hydrogen) atoms. The van der Waals surface area contributed by atoms with Gasteiger partial charge in [-0.25, -0.2) is 5.06 Å². The molecule has 1 unspecified atom stereocenters. The Labute approximate surface area is 73.9 Å². The average molecular weight is 193 g/mol. The smallest absolute Gasteiger partial charge is 0.288 e. The van der Waals surface area contributed by atoms with Gasteiger partial charge in [-0.05, 0) is 12.0 Å². The predicted molar refractivity (Wildman–Crippen MR) is 41.0 cm³/mol. The Bertz CT molecular complexity index is 244. The molecule has 2 nitrogen and oxygen atoms in total. The van der Waals surface area contributed by atoms with Gasteiger partial charge in [-0.1, -0.05) is 19.1 Å². The zero-order chi connectivity index (χ0) is 10.1. The molecule has 0 amide bonds. The first-order chi connectivity index (χ1) is 5.95. The Morgan fingerprint density at radius 1 is 1.54 bits per heavy atom. The summed E-state index contributed by atoms with van der Waals surface area (Å²) in [4.78, 5) is 0. The molecule has 1 heterocycles. The zero-order valence-corrected chi connectivity index (χ0v) is 7.04. The van der Waals surface area contributed by atoms with Gasteiger partial charge in [0.2, 0.25) is 0 Å². The highest BCUT2D eigenvalue weighted by Crippen LogP contribution is 2.28. The summed E-state index contributed by atoms with van der Waals surface area (Å²) in [5.41, 5.74) is 0.669. The van der Waals surface area contributed by atoms with Crippen LogP contribution in [-0.4, -0.2) is 22.5 Å². The lowest BCUT2D eigenvalue weighted by molar-refractivity contribution is -0.218. The second kappa shape index (κ2) is 3.41. The summed E-state index contributed by atoms with van der Waals surface area (Å²) in [7, 11) is 0. The van der Waals surface area contributed by atoms with E-state index in [-0.39, 0.29) is 5.06 Å². The van der Waals surface area contributed by atoms with E-state index >= 15 is 0 Å². The fraction of sp³-hybridized carbons (Fsp3) is 0.500. The number of alkyl halides is 3. The van der Waals surface area contributed by atoms with Crippen molar-refractivity contribution in [3.05, 3.63) is 23.9 Å². The van der Waals surface area contributed by atoms with Crippen LogP contribution in [0.4, 0.5) is 13.2 Å². The van der Waals surface area contributed by atoms with Crippen LogP contribution in [0.5, 0.6) is 0 Å². The van der Waals surface area contributed by atoms with E-state index in [2.05, 4.69) is 0 Å². The second-order valence-corrected chi connectivity index (χ2v) is 2.78. The molecule has 0 saturated carbocycles. The van der Waals surface area contributed by atoms with Crippen LogP contribution in [0.1, 0.15) is 13.3 Å². The number of hydrogen-bond donors (Lipinski definition) is 1. The van der Waals surface area contributed by atoms with Crippen molar-refractivity contribution in [2.24, 2.45) is 0 Å². The minimum Gasteiger partial charge on any atom is -0.288 e. The van der Waals surface area contributed by atoms with Gasteiger partial charge in [0, 0.05) is 6.20 Å². The lowest BCUT2D eigenvalue weighted by Gasteiger charge is -2.27. The Kier molecular flexibility index (Phi) is 2.66. The summed E-state index contributed by atoms with van der Waals surface area (Å²) in [6, 6.07) is -1.91. The maximum Gasteiger partial charge on any atom is 0.414 e. The number of allylic oxidation sites excluding steroid dienone is 2. The van der Waals surface area contributed by atoms with Crippen LogP contribution in [0.25, 0.3) is 0 Å². The van der Waals surface area contributed by atoms with Gasteiger partial charge in [-0.3, -0.25) is 5.21 Å². The van der Waals surface area contributed by atoms with E-state index in [4.69, 9.17) is 5.21 Å². The standard InChI is InChI=1S/C8H10F3NO/c1-2-6-3-4-7(8(9,10)11)12(13)5-6/h3-5,7,13H,2H2,1H3. The molecule has 0 bridgehead atoms. The van der Waals surface area contributed by atoms with Gasteiger partial charge in [-0.15, -0.1) is 0 Å². The molecule has 1 rings (SSSR count). The Morgan fingerprint density at radius 3 is 2.54 bits per heavy atom. The van der Waals surface area contributed by atoms with E-state index in [1.807, 2.05) is 0 Å². The maximum atomic E-state index is 12.1. The van der Waals surface area contributed by atoms with Crippen molar-refractivity contribution >= 4 is 0 Å². The SMILES string of the molecule is CCC1=CN(O)C(C(F)(F)F)C=C1. The molecule has 0 saturated heterocycles. The average Bonchev–Trinajstić information content (AvgIpc) is 2.01. The summed E-state index contributed by atoms with van der Waals surface area (Å²) in [5, 5.41) is 9.19. The lowest BCUT2D eigenvalue weighted by Crippen LogP contribution is -2.40. The van der Waals surface area contributed by atoms with Crippen molar-refractivity contribution in [3.8, 4) is 0 Å². The van der Waals surface area contributed by atoms with Gasteiger partial charge in [0.1, 0.15) is 0 Å². The fourth-order valence-electron chi connectivity index (χ4n) is 1.06. The molecular formula is C8H10F3NO. The molecule has 1 atom stereocenters. The topological polar surface area (TPSA) is 23.5 Å². The molecule has 0 aromatic rings. The molecular weight excluding hydrogens is 183 g/mol. The Balaban J connectivity index is 2.78. The van der Waals surface area contributed by atoms with Crippen LogP contribution < -0.4 is 0 Å². The van der Waals surface area contributed by atoms with E-state index in [0.29, 0.717) is 12.0 Å². The van der Waals surface area contributed by atoms with Crippen molar-refractivity contribution < 1.29 is 18.4 Å². The highest BCUT2D eigenvalue weighted by Gasteiger charge is 2.42. The van der Waals surface area contributed by atoms with Crippen LogP contribution in [0.2, 0.25) is 0 Å². The molecule has 74 valence electrons. The molecule has 0 fully saturated rings. The van der Waals surface area contributed by atoms with Crippen molar-refractivity contribution in [3.63, 3.8) is 0 Å². The van der Waals surface area contributed by atoms with Gasteiger partial charge in [-0.2, -0.15) is 13.2 Å². The third-order valence-electron chi connectivity index (χ3n) is 1.82. The van der Waals surface area contributed by atoms with E-state index in [0.717, 1.165) is 12.3 Å². The number of rotatable bonds is 1. The molecule has 0 aromatic heterocycles. The second-order valence-electron chi connectivity index (χ2n) is 2.78. The van der Waals surface area contributed by atoms with Gasteiger partial charge < -0.3 is 0 Å². The van der Waals surface area contributed by atoms with Crippen molar-refractivity contribution in [1.82, 2.24) is 5.06 Å². The van der Waals surface area contributed by atoms with E-state index in [1.54, 1.807) is 6.92 Å². The highest BCUT2D eigenvalue weighted by atomic mass is 19.4. The molecule has 1 aliphatic rings. The summed E-state index contributed by atoms with van der Waals surface area (Å²) in [5.74, 6) is 0. The molecule has 1 aliphatic heterocycles. The highest BCUT2D eigenvalue weighted by molar-refractivity contribution is 5.24. The molecule has 5 heteroatoms. The van der Waals surface area contributed by atoms with Crippen LogP contribution in [0.3, 0.4) is 0 Å². The number of nitrogens with zero attached hydrogens (tertiary/aromatic N) is 1. The minimum atomic E-state index is -4.43. The quantitative estimate of drug-likeness (QED) is 0.691. The van der Waals surface area contributed by atoms with Crippen LogP contribution in [0, 0.1) is 0 Å². The summed E-state index contributed by atoms with van der Waals surface area (Å²) >= 11 is 0. The largest absolute Gasteiger partial charge is 0.414 e. The number of hydroxylamine groups is 2. The van der Waals surface area contributed by atoms with Gasteiger partial charge in [0.15, 0.2) is 6.04 Å². The molecule has 1 N–H and O–H groups in total.